The zero-order valence-electron chi connectivity index (χ0n) is 15.1. The van der Waals surface area contributed by atoms with Crippen molar-refractivity contribution in [1.29, 1.82) is 0 Å². The number of para-hydroxylation sites is 1. The van der Waals surface area contributed by atoms with Gasteiger partial charge in [0.1, 0.15) is 5.75 Å². The molecular weight excluding hydrogens is 304 g/mol. The van der Waals surface area contributed by atoms with Crippen LogP contribution in [0.3, 0.4) is 0 Å². The zero-order valence-corrected chi connectivity index (χ0v) is 15.1. The van der Waals surface area contributed by atoms with Crippen molar-refractivity contribution in [2.75, 3.05) is 39.4 Å². The Labute approximate surface area is 145 Å². The maximum Gasteiger partial charge on any atom is 0.260 e. The SMILES string of the molecule is CC(C)c1ccccc1O[C@H](C)C(=O)NCCCN1CCOCC1. The summed E-state index contributed by atoms with van der Waals surface area (Å²) < 4.78 is 11.2. The molecule has 2 rings (SSSR count). The summed E-state index contributed by atoms with van der Waals surface area (Å²) in [6.07, 6.45) is 0.453. The number of nitrogens with zero attached hydrogens (tertiary/aromatic N) is 1. The van der Waals surface area contributed by atoms with E-state index >= 15 is 0 Å². The van der Waals surface area contributed by atoms with Gasteiger partial charge in [-0.05, 0) is 37.4 Å². The molecule has 0 unspecified atom stereocenters. The first-order chi connectivity index (χ1) is 11.6. The number of hydrogen-bond acceptors (Lipinski definition) is 4. The van der Waals surface area contributed by atoms with Crippen LogP contribution in [0.25, 0.3) is 0 Å². The van der Waals surface area contributed by atoms with Crippen molar-refractivity contribution in [2.45, 2.75) is 39.2 Å². The molecule has 1 heterocycles. The van der Waals surface area contributed by atoms with Gasteiger partial charge in [0.15, 0.2) is 6.10 Å². The van der Waals surface area contributed by atoms with Gasteiger partial charge in [-0.1, -0.05) is 32.0 Å². The normalized spacial score (nSPS) is 16.8. The monoisotopic (exact) mass is 334 g/mol. The second-order valence-electron chi connectivity index (χ2n) is 6.55. The van der Waals surface area contributed by atoms with Gasteiger partial charge in [-0.2, -0.15) is 0 Å². The van der Waals surface area contributed by atoms with Crippen LogP contribution in [0.5, 0.6) is 5.75 Å². The largest absolute Gasteiger partial charge is 0.481 e. The molecule has 134 valence electrons. The van der Waals surface area contributed by atoms with E-state index in [0.29, 0.717) is 12.5 Å². The third-order valence-corrected chi connectivity index (χ3v) is 4.27. The van der Waals surface area contributed by atoms with Gasteiger partial charge >= 0.3 is 0 Å². The summed E-state index contributed by atoms with van der Waals surface area (Å²) in [4.78, 5) is 14.6. The summed E-state index contributed by atoms with van der Waals surface area (Å²) in [5.41, 5.74) is 1.13. The van der Waals surface area contributed by atoms with Crippen molar-refractivity contribution in [2.24, 2.45) is 0 Å². The number of ether oxygens (including phenoxy) is 2. The maximum atomic E-state index is 12.2. The van der Waals surface area contributed by atoms with E-state index in [2.05, 4.69) is 24.1 Å². The number of morpholine rings is 1. The van der Waals surface area contributed by atoms with Crippen molar-refractivity contribution in [3.05, 3.63) is 29.8 Å². The zero-order chi connectivity index (χ0) is 17.4. The van der Waals surface area contributed by atoms with Crippen molar-refractivity contribution in [3.63, 3.8) is 0 Å². The molecule has 1 aromatic rings. The topological polar surface area (TPSA) is 50.8 Å². The molecule has 0 aliphatic carbocycles. The molecule has 1 saturated heterocycles. The number of carbonyl (C=O) groups is 1. The molecule has 1 atom stereocenters. The quantitative estimate of drug-likeness (QED) is 0.742. The van der Waals surface area contributed by atoms with Crippen LogP contribution in [-0.2, 0) is 9.53 Å². The lowest BCUT2D eigenvalue weighted by molar-refractivity contribution is -0.127. The van der Waals surface area contributed by atoms with E-state index in [1.165, 1.54) is 0 Å². The second-order valence-corrected chi connectivity index (χ2v) is 6.55. The van der Waals surface area contributed by atoms with Gasteiger partial charge in [-0.3, -0.25) is 9.69 Å². The third kappa shape index (κ3) is 5.80. The number of amides is 1. The fourth-order valence-corrected chi connectivity index (χ4v) is 2.79. The van der Waals surface area contributed by atoms with Crippen LogP contribution in [0.4, 0.5) is 0 Å². The minimum Gasteiger partial charge on any atom is -0.481 e. The molecular formula is C19H30N2O3. The van der Waals surface area contributed by atoms with Gasteiger partial charge in [0.05, 0.1) is 13.2 Å². The van der Waals surface area contributed by atoms with E-state index in [0.717, 1.165) is 50.6 Å². The lowest BCUT2D eigenvalue weighted by Gasteiger charge is -2.26. The van der Waals surface area contributed by atoms with E-state index in [4.69, 9.17) is 9.47 Å². The first-order valence-corrected chi connectivity index (χ1v) is 8.91. The highest BCUT2D eigenvalue weighted by molar-refractivity contribution is 5.80. The lowest BCUT2D eigenvalue weighted by atomic mass is 10.0. The number of rotatable bonds is 8. The molecule has 0 radical (unpaired) electrons. The molecule has 5 heteroatoms. The van der Waals surface area contributed by atoms with Gasteiger partial charge in [0.2, 0.25) is 0 Å². The summed E-state index contributed by atoms with van der Waals surface area (Å²) in [6.45, 7) is 11.3. The lowest BCUT2D eigenvalue weighted by Crippen LogP contribution is -2.40. The Morgan fingerprint density at radius 1 is 1.25 bits per heavy atom. The summed E-state index contributed by atoms with van der Waals surface area (Å²) in [6, 6.07) is 7.91. The molecule has 24 heavy (non-hydrogen) atoms. The van der Waals surface area contributed by atoms with Crippen molar-refractivity contribution >= 4 is 5.91 Å². The molecule has 0 saturated carbocycles. The highest BCUT2D eigenvalue weighted by Crippen LogP contribution is 2.26. The fourth-order valence-electron chi connectivity index (χ4n) is 2.79. The standard InChI is InChI=1S/C19H30N2O3/c1-15(2)17-7-4-5-8-18(17)24-16(3)19(22)20-9-6-10-21-11-13-23-14-12-21/h4-5,7-8,15-16H,6,9-14H2,1-3H3,(H,20,22)/t16-/m1/s1. The molecule has 0 aromatic heterocycles. The molecule has 1 N–H and O–H groups in total. The second kappa shape index (κ2) is 9.64. The summed E-state index contributed by atoms with van der Waals surface area (Å²) in [5, 5.41) is 2.97. The minimum atomic E-state index is -0.492. The van der Waals surface area contributed by atoms with Gasteiger partial charge in [0.25, 0.3) is 5.91 Å². The molecule has 0 spiro atoms. The molecule has 0 bridgehead atoms. The van der Waals surface area contributed by atoms with Crippen LogP contribution in [-0.4, -0.2) is 56.3 Å². The highest BCUT2D eigenvalue weighted by atomic mass is 16.5. The van der Waals surface area contributed by atoms with Gasteiger partial charge in [-0.15, -0.1) is 0 Å². The fraction of sp³-hybridized carbons (Fsp3) is 0.632. The number of nitrogens with one attached hydrogen (secondary N) is 1. The van der Waals surface area contributed by atoms with Crippen molar-refractivity contribution in [3.8, 4) is 5.75 Å². The Kier molecular flexibility index (Phi) is 7.53. The number of hydrogen-bond donors (Lipinski definition) is 1. The van der Waals surface area contributed by atoms with E-state index < -0.39 is 6.10 Å². The van der Waals surface area contributed by atoms with Crippen molar-refractivity contribution in [1.82, 2.24) is 10.2 Å². The van der Waals surface area contributed by atoms with Gasteiger partial charge in [-0.25, -0.2) is 0 Å². The molecule has 1 aromatic carbocycles. The Hall–Kier alpha value is -1.59. The Morgan fingerprint density at radius 2 is 1.96 bits per heavy atom. The Balaban J connectivity index is 1.72. The molecule has 1 fully saturated rings. The van der Waals surface area contributed by atoms with E-state index in [1.807, 2.05) is 24.3 Å². The first kappa shape index (κ1) is 18.7. The molecule has 1 amide bonds. The minimum absolute atomic E-state index is 0.0597. The van der Waals surface area contributed by atoms with Crippen LogP contribution in [0, 0.1) is 0 Å². The highest BCUT2D eigenvalue weighted by Gasteiger charge is 2.17. The van der Waals surface area contributed by atoms with E-state index in [1.54, 1.807) is 6.92 Å². The Morgan fingerprint density at radius 3 is 2.67 bits per heavy atom. The van der Waals surface area contributed by atoms with Gasteiger partial charge < -0.3 is 14.8 Å². The third-order valence-electron chi connectivity index (χ3n) is 4.27. The van der Waals surface area contributed by atoms with Crippen LogP contribution >= 0.6 is 0 Å². The van der Waals surface area contributed by atoms with Crippen LogP contribution in [0.2, 0.25) is 0 Å². The summed E-state index contributed by atoms with van der Waals surface area (Å²) >= 11 is 0. The molecule has 5 nitrogen and oxygen atoms in total. The van der Waals surface area contributed by atoms with Crippen LogP contribution < -0.4 is 10.1 Å². The number of benzene rings is 1. The molecule has 1 aliphatic rings. The summed E-state index contributed by atoms with van der Waals surface area (Å²) in [7, 11) is 0. The van der Waals surface area contributed by atoms with Crippen LogP contribution in [0.1, 0.15) is 38.7 Å². The average Bonchev–Trinajstić information content (AvgIpc) is 2.59. The smallest absolute Gasteiger partial charge is 0.260 e. The summed E-state index contributed by atoms with van der Waals surface area (Å²) in [5.74, 6) is 1.10. The Bertz CT molecular complexity index is 513. The van der Waals surface area contributed by atoms with Crippen LogP contribution in [0.15, 0.2) is 24.3 Å². The first-order valence-electron chi connectivity index (χ1n) is 8.91. The predicted molar refractivity (Wildman–Crippen MR) is 95.5 cm³/mol. The molecule has 1 aliphatic heterocycles. The average molecular weight is 334 g/mol. The number of carbonyl (C=O) groups excluding carboxylic acids is 1. The maximum absolute atomic E-state index is 12.2. The van der Waals surface area contributed by atoms with E-state index in [-0.39, 0.29) is 5.91 Å². The van der Waals surface area contributed by atoms with Crippen molar-refractivity contribution < 1.29 is 14.3 Å². The predicted octanol–water partition coefficient (Wildman–Crippen LogP) is 2.42. The van der Waals surface area contributed by atoms with Gasteiger partial charge in [0, 0.05) is 19.6 Å². The van der Waals surface area contributed by atoms with E-state index in [9.17, 15) is 4.79 Å².